The second-order valence-electron chi connectivity index (χ2n) is 5.27. The fraction of sp³-hybridized carbons (Fsp3) is 0.500. The first-order chi connectivity index (χ1) is 9.61. The summed E-state index contributed by atoms with van der Waals surface area (Å²) in [7, 11) is 0. The van der Waals surface area contributed by atoms with Gasteiger partial charge in [-0.3, -0.25) is 4.79 Å². The topological polar surface area (TPSA) is 62.1 Å². The van der Waals surface area contributed by atoms with Gasteiger partial charge in [-0.2, -0.15) is 5.26 Å². The lowest BCUT2D eigenvalue weighted by Crippen LogP contribution is -2.32. The Labute approximate surface area is 119 Å². The van der Waals surface area contributed by atoms with Gasteiger partial charge in [0, 0.05) is 11.8 Å². The molecule has 0 aliphatic heterocycles. The Bertz CT molecular complexity index is 540. The lowest BCUT2D eigenvalue weighted by molar-refractivity contribution is -0.122. The van der Waals surface area contributed by atoms with E-state index >= 15 is 0 Å². The molecule has 4 nitrogen and oxygen atoms in total. The third-order valence-electron chi connectivity index (χ3n) is 3.85. The van der Waals surface area contributed by atoms with Gasteiger partial charge >= 0.3 is 0 Å². The standard InChI is InChI=1S/C16H20N2O2/c1-3-20-14-10-13(7-6-12(14)2)18-15(19)16(11-17)8-4-5-9-16/h6-7,10H,3-5,8-9H2,1-2H3,(H,18,19). The Balaban J connectivity index is 2.16. The predicted octanol–water partition coefficient (Wildman–Crippen LogP) is 3.42. The SMILES string of the molecule is CCOc1cc(NC(=O)C2(C#N)CCCC2)ccc1C. The van der Waals surface area contributed by atoms with E-state index < -0.39 is 5.41 Å². The molecule has 0 aromatic heterocycles. The van der Waals surface area contributed by atoms with Crippen molar-refractivity contribution in [2.45, 2.75) is 39.5 Å². The number of hydrogen-bond acceptors (Lipinski definition) is 3. The molecule has 1 amide bonds. The summed E-state index contributed by atoms with van der Waals surface area (Å²) in [5, 5.41) is 12.2. The van der Waals surface area contributed by atoms with E-state index in [-0.39, 0.29) is 5.91 Å². The number of ether oxygens (including phenoxy) is 1. The largest absolute Gasteiger partial charge is 0.494 e. The number of carbonyl (C=O) groups excluding carboxylic acids is 1. The van der Waals surface area contributed by atoms with Crippen LogP contribution in [0.2, 0.25) is 0 Å². The molecular weight excluding hydrogens is 252 g/mol. The number of aryl methyl sites for hydroxylation is 1. The number of nitrogens with one attached hydrogen (secondary N) is 1. The highest BCUT2D eigenvalue weighted by atomic mass is 16.5. The van der Waals surface area contributed by atoms with E-state index in [2.05, 4.69) is 11.4 Å². The fourth-order valence-electron chi connectivity index (χ4n) is 2.61. The normalized spacial score (nSPS) is 16.4. The van der Waals surface area contributed by atoms with Gasteiger partial charge in [-0.05, 0) is 38.3 Å². The molecule has 1 aliphatic rings. The molecule has 1 N–H and O–H groups in total. The Hall–Kier alpha value is -2.02. The maximum absolute atomic E-state index is 12.3. The number of hydrogen-bond donors (Lipinski definition) is 1. The molecule has 2 rings (SSSR count). The monoisotopic (exact) mass is 272 g/mol. The molecule has 0 bridgehead atoms. The van der Waals surface area contributed by atoms with Crippen LogP contribution in [0.3, 0.4) is 0 Å². The first-order valence-electron chi connectivity index (χ1n) is 7.07. The summed E-state index contributed by atoms with van der Waals surface area (Å²) in [6.07, 6.45) is 3.19. The molecule has 20 heavy (non-hydrogen) atoms. The first-order valence-corrected chi connectivity index (χ1v) is 7.07. The maximum Gasteiger partial charge on any atom is 0.244 e. The molecule has 1 fully saturated rings. The van der Waals surface area contributed by atoms with Crippen LogP contribution in [0, 0.1) is 23.7 Å². The second kappa shape index (κ2) is 5.96. The van der Waals surface area contributed by atoms with E-state index in [4.69, 9.17) is 4.74 Å². The Kier molecular flexibility index (Phi) is 4.29. The molecule has 4 heteroatoms. The van der Waals surface area contributed by atoms with Crippen molar-refractivity contribution in [2.24, 2.45) is 5.41 Å². The van der Waals surface area contributed by atoms with E-state index in [0.29, 0.717) is 25.1 Å². The number of anilines is 1. The van der Waals surface area contributed by atoms with Crippen molar-refractivity contribution in [1.29, 1.82) is 5.26 Å². The van der Waals surface area contributed by atoms with Gasteiger partial charge in [-0.1, -0.05) is 18.9 Å². The molecule has 1 aromatic carbocycles. The molecule has 0 atom stereocenters. The van der Waals surface area contributed by atoms with Gasteiger partial charge in [0.05, 0.1) is 12.7 Å². The molecular formula is C16H20N2O2. The Morgan fingerprint density at radius 3 is 2.75 bits per heavy atom. The summed E-state index contributed by atoms with van der Waals surface area (Å²) in [6.45, 7) is 4.47. The van der Waals surface area contributed by atoms with Crippen LogP contribution in [0.25, 0.3) is 0 Å². The average Bonchev–Trinajstić information content (AvgIpc) is 2.93. The number of benzene rings is 1. The van der Waals surface area contributed by atoms with Crippen LogP contribution >= 0.6 is 0 Å². The number of rotatable bonds is 4. The summed E-state index contributed by atoms with van der Waals surface area (Å²) in [5.74, 6) is 0.575. The zero-order chi connectivity index (χ0) is 14.6. The first kappa shape index (κ1) is 14.4. The van der Waals surface area contributed by atoms with Gasteiger partial charge < -0.3 is 10.1 Å². The quantitative estimate of drug-likeness (QED) is 0.913. The van der Waals surface area contributed by atoms with E-state index in [1.807, 2.05) is 32.0 Å². The second-order valence-corrected chi connectivity index (χ2v) is 5.27. The van der Waals surface area contributed by atoms with Crippen LogP contribution in [-0.4, -0.2) is 12.5 Å². The summed E-state index contributed by atoms with van der Waals surface area (Å²) in [4.78, 5) is 12.3. The van der Waals surface area contributed by atoms with Crippen LogP contribution in [0.4, 0.5) is 5.69 Å². The lowest BCUT2D eigenvalue weighted by atomic mass is 9.87. The van der Waals surface area contributed by atoms with Crippen molar-refractivity contribution >= 4 is 11.6 Å². The summed E-state index contributed by atoms with van der Waals surface area (Å²) >= 11 is 0. The molecule has 1 aliphatic carbocycles. The number of carbonyl (C=O) groups is 1. The van der Waals surface area contributed by atoms with Crippen LogP contribution in [0.15, 0.2) is 18.2 Å². The highest BCUT2D eigenvalue weighted by molar-refractivity contribution is 5.97. The van der Waals surface area contributed by atoms with Gasteiger partial charge in [-0.25, -0.2) is 0 Å². The van der Waals surface area contributed by atoms with Gasteiger partial charge in [0.15, 0.2) is 0 Å². The highest BCUT2D eigenvalue weighted by Crippen LogP contribution is 2.38. The summed E-state index contributed by atoms with van der Waals surface area (Å²) < 4.78 is 5.52. The maximum atomic E-state index is 12.3. The fourth-order valence-corrected chi connectivity index (χ4v) is 2.61. The zero-order valence-corrected chi connectivity index (χ0v) is 12.0. The highest BCUT2D eigenvalue weighted by Gasteiger charge is 2.41. The molecule has 0 heterocycles. The molecule has 0 spiro atoms. The van der Waals surface area contributed by atoms with Gasteiger partial charge in [0.2, 0.25) is 5.91 Å². The molecule has 106 valence electrons. The minimum absolute atomic E-state index is 0.191. The summed E-state index contributed by atoms with van der Waals surface area (Å²) in [6, 6.07) is 7.78. The third-order valence-corrected chi connectivity index (χ3v) is 3.85. The van der Waals surface area contributed by atoms with E-state index in [0.717, 1.165) is 24.2 Å². The van der Waals surface area contributed by atoms with Crippen molar-refractivity contribution < 1.29 is 9.53 Å². The smallest absolute Gasteiger partial charge is 0.244 e. The lowest BCUT2D eigenvalue weighted by Gasteiger charge is -2.19. The molecule has 0 radical (unpaired) electrons. The Morgan fingerprint density at radius 2 is 2.15 bits per heavy atom. The van der Waals surface area contributed by atoms with Gasteiger partial charge in [-0.15, -0.1) is 0 Å². The van der Waals surface area contributed by atoms with Gasteiger partial charge in [0.25, 0.3) is 0 Å². The van der Waals surface area contributed by atoms with Crippen LogP contribution in [0.1, 0.15) is 38.2 Å². The van der Waals surface area contributed by atoms with Crippen molar-refractivity contribution in [3.63, 3.8) is 0 Å². The number of amides is 1. The van der Waals surface area contributed by atoms with Crippen molar-refractivity contribution in [3.8, 4) is 11.8 Å². The van der Waals surface area contributed by atoms with Crippen molar-refractivity contribution in [2.75, 3.05) is 11.9 Å². The number of nitriles is 1. The van der Waals surface area contributed by atoms with E-state index in [1.165, 1.54) is 0 Å². The predicted molar refractivity (Wildman–Crippen MR) is 77.5 cm³/mol. The average molecular weight is 272 g/mol. The van der Waals surface area contributed by atoms with E-state index in [1.54, 1.807) is 0 Å². The van der Waals surface area contributed by atoms with Crippen molar-refractivity contribution in [3.05, 3.63) is 23.8 Å². The zero-order valence-electron chi connectivity index (χ0n) is 12.0. The van der Waals surface area contributed by atoms with Crippen LogP contribution in [0.5, 0.6) is 5.75 Å². The number of nitrogens with zero attached hydrogens (tertiary/aromatic N) is 1. The minimum atomic E-state index is -0.851. The summed E-state index contributed by atoms with van der Waals surface area (Å²) in [5.41, 5.74) is 0.864. The van der Waals surface area contributed by atoms with Crippen molar-refractivity contribution in [1.82, 2.24) is 0 Å². The van der Waals surface area contributed by atoms with Gasteiger partial charge in [0.1, 0.15) is 11.2 Å². The van der Waals surface area contributed by atoms with Crippen LogP contribution in [-0.2, 0) is 4.79 Å². The molecule has 1 saturated carbocycles. The van der Waals surface area contributed by atoms with E-state index in [9.17, 15) is 10.1 Å². The molecule has 0 saturated heterocycles. The molecule has 0 unspecified atom stereocenters. The van der Waals surface area contributed by atoms with Crippen LogP contribution < -0.4 is 10.1 Å². The molecule has 1 aromatic rings. The minimum Gasteiger partial charge on any atom is -0.494 e. The Morgan fingerprint density at radius 1 is 1.45 bits per heavy atom. The third kappa shape index (κ3) is 2.77.